The largest absolute Gasteiger partial charge is 0.237 e. The fourth-order valence-electron chi connectivity index (χ4n) is 5.08. The van der Waals surface area contributed by atoms with E-state index in [1.807, 2.05) is 0 Å². The monoisotopic (exact) mass is 272 g/mol. The van der Waals surface area contributed by atoms with E-state index in [0.717, 1.165) is 21.8 Å². The summed E-state index contributed by atoms with van der Waals surface area (Å²) in [4.78, 5) is 0. The molecule has 0 radical (unpaired) electrons. The van der Waals surface area contributed by atoms with Crippen LogP contribution in [0.15, 0.2) is 54.6 Å². The topological polar surface area (TPSA) is 0 Å². The standard InChI is InChI=1S/C18H12B4/c1-4-10-16-11(5-1)20-13-7-3-9-15-18(13)22(16)17-12(19-10)6-2-8-14(17)21-15/h1-9,19-21H. The summed E-state index contributed by atoms with van der Waals surface area (Å²) in [6.07, 6.45) is 0. The lowest BCUT2D eigenvalue weighted by Gasteiger charge is -2.39. The lowest BCUT2D eigenvalue weighted by atomic mass is 9.18. The molecule has 3 aromatic carbocycles. The van der Waals surface area contributed by atoms with Crippen molar-refractivity contribution >= 4 is 77.7 Å². The summed E-state index contributed by atoms with van der Waals surface area (Å²) < 4.78 is 0. The Hall–Kier alpha value is -2.08. The highest BCUT2D eigenvalue weighted by atomic mass is 14.2. The maximum atomic E-state index is 2.34. The maximum Gasteiger partial charge on any atom is 0.237 e. The van der Waals surface area contributed by atoms with Gasteiger partial charge in [-0.1, -0.05) is 104 Å². The van der Waals surface area contributed by atoms with Crippen molar-refractivity contribution in [2.24, 2.45) is 0 Å². The van der Waals surface area contributed by atoms with Crippen LogP contribution >= 0.6 is 0 Å². The van der Waals surface area contributed by atoms with Gasteiger partial charge in [0, 0.05) is 0 Å². The van der Waals surface area contributed by atoms with E-state index in [4.69, 9.17) is 0 Å². The van der Waals surface area contributed by atoms with Gasteiger partial charge in [-0.15, -0.1) is 0 Å². The van der Waals surface area contributed by atoms with Crippen LogP contribution in [-0.4, -0.2) is 28.6 Å². The molecule has 0 bridgehead atoms. The third-order valence-electron chi connectivity index (χ3n) is 5.87. The molecule has 3 aromatic rings. The highest BCUT2D eigenvalue weighted by molar-refractivity contribution is 7.14. The van der Waals surface area contributed by atoms with Gasteiger partial charge in [0.05, 0.1) is 0 Å². The molecule has 0 saturated heterocycles. The first-order valence-corrected chi connectivity index (χ1v) is 8.22. The van der Waals surface area contributed by atoms with Gasteiger partial charge < -0.3 is 0 Å². The molecule has 0 nitrogen and oxygen atoms in total. The van der Waals surface area contributed by atoms with Crippen molar-refractivity contribution in [1.29, 1.82) is 0 Å². The molecule has 0 saturated carbocycles. The Morgan fingerprint density at radius 1 is 0.455 bits per heavy atom. The van der Waals surface area contributed by atoms with Gasteiger partial charge in [0.15, 0.2) is 21.8 Å². The maximum absolute atomic E-state index is 2.34. The van der Waals surface area contributed by atoms with E-state index in [1.54, 1.807) is 49.2 Å². The van der Waals surface area contributed by atoms with E-state index in [-0.39, 0.29) is 0 Å². The number of benzene rings is 3. The van der Waals surface area contributed by atoms with Crippen molar-refractivity contribution in [3.8, 4) is 0 Å². The summed E-state index contributed by atoms with van der Waals surface area (Å²) in [5.74, 6) is 0. The summed E-state index contributed by atoms with van der Waals surface area (Å²) >= 11 is 0. The van der Waals surface area contributed by atoms with Crippen LogP contribution in [0.5, 0.6) is 0 Å². The van der Waals surface area contributed by atoms with Crippen molar-refractivity contribution in [3.63, 3.8) is 0 Å². The summed E-state index contributed by atoms with van der Waals surface area (Å²) in [6, 6.07) is 20.8. The van der Waals surface area contributed by atoms with Gasteiger partial charge in [-0.25, -0.2) is 0 Å². The molecule has 0 aliphatic carbocycles. The zero-order valence-corrected chi connectivity index (χ0v) is 12.4. The second-order valence-corrected chi connectivity index (χ2v) is 6.93. The summed E-state index contributed by atoms with van der Waals surface area (Å²) in [5.41, 5.74) is 14.2. The molecule has 22 heavy (non-hydrogen) atoms. The molecule has 0 unspecified atom stereocenters. The first-order chi connectivity index (χ1) is 10.9. The van der Waals surface area contributed by atoms with Crippen LogP contribution < -0.4 is 49.2 Å². The molecule has 0 amide bonds. The van der Waals surface area contributed by atoms with E-state index >= 15 is 0 Å². The van der Waals surface area contributed by atoms with Crippen molar-refractivity contribution in [3.05, 3.63) is 54.6 Å². The average Bonchev–Trinajstić information content (AvgIpc) is 2.55. The Morgan fingerprint density at radius 3 is 1.00 bits per heavy atom. The van der Waals surface area contributed by atoms with Crippen LogP contribution in [0.25, 0.3) is 0 Å². The molecule has 3 aliphatic rings. The molecule has 4 heteroatoms. The molecule has 0 N–H and O–H groups in total. The van der Waals surface area contributed by atoms with E-state index in [2.05, 4.69) is 54.6 Å². The summed E-state index contributed by atoms with van der Waals surface area (Å²) in [7, 11) is 3.33. The van der Waals surface area contributed by atoms with Gasteiger partial charge in [-0.05, 0) is 0 Å². The molecular weight excluding hydrogens is 259 g/mol. The van der Waals surface area contributed by atoms with E-state index in [9.17, 15) is 0 Å². The van der Waals surface area contributed by atoms with Crippen molar-refractivity contribution in [2.45, 2.75) is 0 Å². The quantitative estimate of drug-likeness (QED) is 0.244. The van der Waals surface area contributed by atoms with E-state index in [0.29, 0.717) is 6.71 Å². The predicted molar refractivity (Wildman–Crippen MR) is 103 cm³/mol. The van der Waals surface area contributed by atoms with Gasteiger partial charge in [0.1, 0.15) is 0 Å². The fourth-order valence-corrected chi connectivity index (χ4v) is 5.08. The van der Waals surface area contributed by atoms with Crippen LogP contribution in [0.3, 0.4) is 0 Å². The number of rotatable bonds is 0. The van der Waals surface area contributed by atoms with Crippen LogP contribution in [0.4, 0.5) is 0 Å². The second-order valence-electron chi connectivity index (χ2n) is 6.93. The lowest BCUT2D eigenvalue weighted by molar-refractivity contribution is 1.77. The Balaban J connectivity index is 1.80. The molecular formula is C18H12B4. The van der Waals surface area contributed by atoms with Gasteiger partial charge in [-0.2, -0.15) is 0 Å². The van der Waals surface area contributed by atoms with Crippen molar-refractivity contribution < 1.29 is 0 Å². The Bertz CT molecular complexity index is 789. The van der Waals surface area contributed by atoms with Crippen molar-refractivity contribution in [2.75, 3.05) is 0 Å². The van der Waals surface area contributed by atoms with Gasteiger partial charge in [0.25, 0.3) is 0 Å². The third kappa shape index (κ3) is 1.26. The van der Waals surface area contributed by atoms with Gasteiger partial charge in [0.2, 0.25) is 6.71 Å². The van der Waals surface area contributed by atoms with Crippen LogP contribution in [0, 0.1) is 0 Å². The molecule has 0 aromatic heterocycles. The van der Waals surface area contributed by atoms with Crippen LogP contribution in [-0.2, 0) is 0 Å². The van der Waals surface area contributed by atoms with Crippen molar-refractivity contribution in [1.82, 2.24) is 0 Å². The smallest absolute Gasteiger partial charge is 0.0836 e. The zero-order chi connectivity index (χ0) is 14.3. The number of hydrogen-bond acceptors (Lipinski definition) is 0. The minimum absolute atomic E-state index is 0.500. The molecule has 3 heterocycles. The Kier molecular flexibility index (Phi) is 1.99. The molecule has 3 aliphatic heterocycles. The second kappa shape index (κ2) is 3.81. The third-order valence-corrected chi connectivity index (χ3v) is 5.87. The highest BCUT2D eigenvalue weighted by Gasteiger charge is 2.41. The SMILES string of the molecule is B1c2cccc3c2B2c4c1cccc4Bc1cccc(c12)B3. The molecule has 0 atom stereocenters. The van der Waals surface area contributed by atoms with Crippen LogP contribution in [0.2, 0.25) is 0 Å². The Morgan fingerprint density at radius 2 is 0.727 bits per heavy atom. The van der Waals surface area contributed by atoms with E-state index in [1.165, 1.54) is 0 Å². The van der Waals surface area contributed by atoms with Crippen LogP contribution in [0.1, 0.15) is 0 Å². The van der Waals surface area contributed by atoms with Gasteiger partial charge in [-0.3, -0.25) is 0 Å². The molecule has 0 spiro atoms. The zero-order valence-electron chi connectivity index (χ0n) is 12.4. The minimum Gasteiger partial charge on any atom is -0.0836 e. The average molecular weight is 272 g/mol. The fraction of sp³-hybridized carbons (Fsp3) is 0. The molecule has 96 valence electrons. The van der Waals surface area contributed by atoms with Gasteiger partial charge >= 0.3 is 0 Å². The minimum atomic E-state index is 0.500. The first-order valence-electron chi connectivity index (χ1n) is 8.22. The van der Waals surface area contributed by atoms with E-state index < -0.39 is 0 Å². The number of hydrogen-bond donors (Lipinski definition) is 0. The lowest BCUT2D eigenvalue weighted by Crippen LogP contribution is -2.84. The highest BCUT2D eigenvalue weighted by Crippen LogP contribution is 2.00. The summed E-state index contributed by atoms with van der Waals surface area (Å²) in [5, 5.41) is 0. The first kappa shape index (κ1) is 11.5. The normalized spacial score (nSPS) is 14.5. The Labute approximate surface area is 132 Å². The molecule has 0 fully saturated rings. The predicted octanol–water partition coefficient (Wildman–Crippen LogP) is -4.70. The summed E-state index contributed by atoms with van der Waals surface area (Å²) in [6.45, 7) is 0.500. The molecule has 6 rings (SSSR count).